The summed E-state index contributed by atoms with van der Waals surface area (Å²) in [5.41, 5.74) is 1.52. The number of nitrogens with zero attached hydrogens (tertiary/aromatic N) is 2. The van der Waals surface area contributed by atoms with Gasteiger partial charge in [0.25, 0.3) is 0 Å². The van der Waals surface area contributed by atoms with Gasteiger partial charge in [-0.05, 0) is 62.9 Å². The summed E-state index contributed by atoms with van der Waals surface area (Å²) in [6.07, 6.45) is -0.318. The lowest BCUT2D eigenvalue weighted by molar-refractivity contribution is -0.117. The van der Waals surface area contributed by atoms with E-state index in [1.165, 1.54) is 16.4 Å². The second-order valence-electron chi connectivity index (χ2n) is 8.51. The highest BCUT2D eigenvalue weighted by atomic mass is 32.2. The third-order valence-corrected chi connectivity index (χ3v) is 7.32. The Morgan fingerprint density at radius 3 is 2.26 bits per heavy atom. The first-order chi connectivity index (χ1) is 16.1. The van der Waals surface area contributed by atoms with Crippen LogP contribution in [0.2, 0.25) is 0 Å². The fraction of sp³-hybridized carbons (Fsp3) is 0.458. The van der Waals surface area contributed by atoms with Crippen LogP contribution in [0.3, 0.4) is 0 Å². The van der Waals surface area contributed by atoms with E-state index < -0.39 is 10.0 Å². The molecule has 0 aliphatic carbocycles. The number of hydrogen-bond acceptors (Lipinski definition) is 7. The number of nitrogens with one attached hydrogen (secondary N) is 1. The Hall–Kier alpha value is -2.66. The standard InChI is InChI=1S/C24H33N3O6S/c1-17-13-27(14-18(2)33-17)34(29,30)21-9-7-20(8-10-21)25-24(28)16-26(3)15-19-6-11-22(31-4)23(12-19)32-5/h6-12,17-18H,13-16H2,1-5H3,(H,25,28)/t17-,18-/m1/s1. The predicted molar refractivity (Wildman–Crippen MR) is 130 cm³/mol. The maximum atomic E-state index is 13.0. The minimum atomic E-state index is -3.62. The van der Waals surface area contributed by atoms with Gasteiger partial charge in [-0.15, -0.1) is 0 Å². The largest absolute Gasteiger partial charge is 0.493 e. The molecule has 0 radical (unpaired) electrons. The summed E-state index contributed by atoms with van der Waals surface area (Å²) >= 11 is 0. The molecule has 1 heterocycles. The van der Waals surface area contributed by atoms with E-state index >= 15 is 0 Å². The fourth-order valence-electron chi connectivity index (χ4n) is 3.98. The normalized spacial score (nSPS) is 19.1. The number of morpholine rings is 1. The van der Waals surface area contributed by atoms with E-state index in [9.17, 15) is 13.2 Å². The molecule has 0 unspecified atom stereocenters. The molecule has 1 aliphatic heterocycles. The topological polar surface area (TPSA) is 97.4 Å². The molecular weight excluding hydrogens is 458 g/mol. The van der Waals surface area contributed by atoms with Crippen LogP contribution < -0.4 is 14.8 Å². The number of rotatable bonds is 9. The number of ether oxygens (including phenoxy) is 3. The lowest BCUT2D eigenvalue weighted by atomic mass is 10.2. The number of sulfonamides is 1. The van der Waals surface area contributed by atoms with Crippen LogP contribution in [0.1, 0.15) is 19.4 Å². The Balaban J connectivity index is 1.57. The van der Waals surface area contributed by atoms with Crippen molar-refractivity contribution < 1.29 is 27.4 Å². The van der Waals surface area contributed by atoms with Gasteiger partial charge in [0.2, 0.25) is 15.9 Å². The molecule has 9 nitrogen and oxygen atoms in total. The van der Waals surface area contributed by atoms with Crippen molar-refractivity contribution in [2.75, 3.05) is 46.2 Å². The number of benzene rings is 2. The molecule has 0 aromatic heterocycles. The van der Waals surface area contributed by atoms with E-state index in [1.54, 1.807) is 26.4 Å². The Morgan fingerprint density at radius 2 is 1.68 bits per heavy atom. The Bertz CT molecular complexity index is 1080. The lowest BCUT2D eigenvalue weighted by Crippen LogP contribution is -2.48. The smallest absolute Gasteiger partial charge is 0.243 e. The Labute approximate surface area is 201 Å². The molecule has 3 rings (SSSR count). The highest BCUT2D eigenvalue weighted by Gasteiger charge is 2.32. The van der Waals surface area contributed by atoms with Crippen LogP contribution in [0.15, 0.2) is 47.4 Å². The molecule has 2 aromatic carbocycles. The van der Waals surface area contributed by atoms with Crippen molar-refractivity contribution in [3.05, 3.63) is 48.0 Å². The van der Waals surface area contributed by atoms with Gasteiger partial charge in [-0.2, -0.15) is 4.31 Å². The molecule has 10 heteroatoms. The predicted octanol–water partition coefficient (Wildman–Crippen LogP) is 2.57. The average molecular weight is 492 g/mol. The zero-order valence-corrected chi connectivity index (χ0v) is 21.1. The van der Waals surface area contributed by atoms with Gasteiger partial charge in [0.15, 0.2) is 11.5 Å². The lowest BCUT2D eigenvalue weighted by Gasteiger charge is -2.34. The van der Waals surface area contributed by atoms with Crippen molar-refractivity contribution >= 4 is 21.6 Å². The van der Waals surface area contributed by atoms with Gasteiger partial charge in [-0.3, -0.25) is 9.69 Å². The van der Waals surface area contributed by atoms with Crippen molar-refractivity contribution in [2.24, 2.45) is 0 Å². The van der Waals surface area contributed by atoms with Crippen molar-refractivity contribution in [1.29, 1.82) is 0 Å². The summed E-state index contributed by atoms with van der Waals surface area (Å²) in [5, 5.41) is 2.82. The minimum Gasteiger partial charge on any atom is -0.493 e. The van der Waals surface area contributed by atoms with Gasteiger partial charge >= 0.3 is 0 Å². The molecule has 1 saturated heterocycles. The van der Waals surface area contributed by atoms with Crippen molar-refractivity contribution in [2.45, 2.75) is 37.5 Å². The second kappa shape index (κ2) is 11.2. The third-order valence-electron chi connectivity index (χ3n) is 5.48. The van der Waals surface area contributed by atoms with Crippen LogP contribution in [-0.4, -0.2) is 76.6 Å². The first kappa shape index (κ1) is 26.0. The summed E-state index contributed by atoms with van der Waals surface area (Å²) in [6, 6.07) is 11.9. The molecule has 0 spiro atoms. The van der Waals surface area contributed by atoms with Crippen LogP contribution >= 0.6 is 0 Å². The number of hydrogen-bond donors (Lipinski definition) is 1. The number of amides is 1. The van der Waals surface area contributed by atoms with Crippen molar-refractivity contribution in [3.8, 4) is 11.5 Å². The van der Waals surface area contributed by atoms with Crippen LogP contribution in [0.5, 0.6) is 11.5 Å². The van der Waals surface area contributed by atoms with Crippen LogP contribution in [0.25, 0.3) is 0 Å². The second-order valence-corrected chi connectivity index (χ2v) is 10.5. The molecule has 1 N–H and O–H groups in total. The zero-order valence-electron chi connectivity index (χ0n) is 20.3. The van der Waals surface area contributed by atoms with Gasteiger partial charge in [0.1, 0.15) is 0 Å². The van der Waals surface area contributed by atoms with E-state index in [4.69, 9.17) is 14.2 Å². The van der Waals surface area contributed by atoms with Gasteiger partial charge in [-0.1, -0.05) is 6.07 Å². The van der Waals surface area contributed by atoms with Gasteiger partial charge < -0.3 is 19.5 Å². The van der Waals surface area contributed by atoms with E-state index in [0.29, 0.717) is 36.8 Å². The monoisotopic (exact) mass is 491 g/mol. The van der Waals surface area contributed by atoms with Gasteiger partial charge in [-0.25, -0.2) is 8.42 Å². The van der Waals surface area contributed by atoms with Crippen LogP contribution in [0, 0.1) is 0 Å². The summed E-state index contributed by atoms with van der Waals surface area (Å²) in [7, 11) is 1.38. The maximum absolute atomic E-state index is 13.0. The molecule has 1 fully saturated rings. The molecule has 34 heavy (non-hydrogen) atoms. The summed E-state index contributed by atoms with van der Waals surface area (Å²) in [5.74, 6) is 1.08. The summed E-state index contributed by atoms with van der Waals surface area (Å²) in [6.45, 7) is 5.06. The number of carbonyl (C=O) groups is 1. The highest BCUT2D eigenvalue weighted by Crippen LogP contribution is 2.28. The van der Waals surface area contributed by atoms with Crippen molar-refractivity contribution in [3.63, 3.8) is 0 Å². The zero-order chi connectivity index (χ0) is 24.9. The fourth-order valence-corrected chi connectivity index (χ4v) is 5.57. The highest BCUT2D eigenvalue weighted by molar-refractivity contribution is 7.89. The minimum absolute atomic E-state index is 0.159. The summed E-state index contributed by atoms with van der Waals surface area (Å²) < 4.78 is 43.6. The number of methoxy groups -OCH3 is 2. The molecule has 0 saturated carbocycles. The number of anilines is 1. The number of likely N-dealkylation sites (N-methyl/N-ethyl adjacent to an activating group) is 1. The average Bonchev–Trinajstić information content (AvgIpc) is 2.78. The molecular formula is C24H33N3O6S. The first-order valence-corrected chi connectivity index (χ1v) is 12.5. The first-order valence-electron chi connectivity index (χ1n) is 11.1. The van der Waals surface area contributed by atoms with Crippen molar-refractivity contribution in [1.82, 2.24) is 9.21 Å². The molecule has 2 aromatic rings. The molecule has 1 aliphatic rings. The summed E-state index contributed by atoms with van der Waals surface area (Å²) in [4.78, 5) is 14.6. The molecule has 1 amide bonds. The Morgan fingerprint density at radius 1 is 1.06 bits per heavy atom. The molecule has 2 atom stereocenters. The van der Waals surface area contributed by atoms with E-state index in [-0.39, 0.29) is 29.6 Å². The van der Waals surface area contributed by atoms with E-state index in [2.05, 4.69) is 5.32 Å². The Kier molecular flexibility index (Phi) is 8.53. The molecule has 186 valence electrons. The van der Waals surface area contributed by atoms with Gasteiger partial charge in [0, 0.05) is 25.3 Å². The maximum Gasteiger partial charge on any atom is 0.243 e. The number of carbonyl (C=O) groups excluding carboxylic acids is 1. The van der Waals surface area contributed by atoms with Crippen LogP contribution in [-0.2, 0) is 26.1 Å². The SMILES string of the molecule is COc1ccc(CN(C)CC(=O)Nc2ccc(S(=O)(=O)N3C[C@@H](C)O[C@H](C)C3)cc2)cc1OC. The third kappa shape index (κ3) is 6.47. The van der Waals surface area contributed by atoms with Crippen LogP contribution in [0.4, 0.5) is 5.69 Å². The molecule has 0 bridgehead atoms. The quantitative estimate of drug-likeness (QED) is 0.576. The van der Waals surface area contributed by atoms with E-state index in [1.807, 2.05) is 44.0 Å². The van der Waals surface area contributed by atoms with E-state index in [0.717, 1.165) is 5.56 Å². The van der Waals surface area contributed by atoms with Gasteiger partial charge in [0.05, 0.1) is 37.9 Å².